The number of carbonyl (C=O) groups is 1. The second-order valence-electron chi connectivity index (χ2n) is 3.31. The fourth-order valence-electron chi connectivity index (χ4n) is 1.79. The molecular weight excluding hydrogens is 255 g/mol. The molecule has 0 aromatic heterocycles. The topological polar surface area (TPSA) is 55.8 Å². The lowest BCUT2D eigenvalue weighted by Crippen LogP contribution is -2.54. The van der Waals surface area contributed by atoms with Crippen molar-refractivity contribution in [3.8, 4) is 0 Å². The van der Waals surface area contributed by atoms with Gasteiger partial charge >= 0.3 is 0 Å². The van der Waals surface area contributed by atoms with Gasteiger partial charge < -0.3 is 14.6 Å². The Kier molecular flexibility index (Phi) is 3.69. The zero-order valence-corrected chi connectivity index (χ0v) is 10.4. The molecule has 0 aromatic carbocycles. The zero-order valence-electron chi connectivity index (χ0n) is 8.92. The van der Waals surface area contributed by atoms with Gasteiger partial charge in [-0.2, -0.15) is 0 Å². The first-order valence-electron chi connectivity index (χ1n) is 4.45. The third kappa shape index (κ3) is 1.41. The number of rotatable bonds is 4. The van der Waals surface area contributed by atoms with Crippen LogP contribution < -0.4 is 0 Å². The van der Waals surface area contributed by atoms with Gasteiger partial charge in [0.1, 0.15) is 5.03 Å². The fourth-order valence-corrected chi connectivity index (χ4v) is 2.57. The third-order valence-electron chi connectivity index (χ3n) is 2.60. The summed E-state index contributed by atoms with van der Waals surface area (Å²) in [5, 5.41) is 9.42. The van der Waals surface area contributed by atoms with E-state index in [4.69, 9.17) is 32.7 Å². The average molecular weight is 267 g/mol. The standard InChI is InChI=1S/C10H12Cl2O4/c1-4-5-9(12)7(13)6(11)8(14)10(9,15-2)16-3/h4,14H,1,5H2,2-3H3/t9-/m0/s1. The first-order valence-corrected chi connectivity index (χ1v) is 5.21. The maximum atomic E-state index is 11.9. The molecule has 0 saturated carbocycles. The molecule has 0 radical (unpaired) electrons. The maximum Gasteiger partial charge on any atom is 0.256 e. The molecule has 1 aliphatic rings. The predicted octanol–water partition coefficient (Wildman–Crippen LogP) is 2.12. The highest BCUT2D eigenvalue weighted by Gasteiger charge is 2.66. The van der Waals surface area contributed by atoms with Gasteiger partial charge in [-0.25, -0.2) is 0 Å². The molecule has 0 saturated heterocycles. The summed E-state index contributed by atoms with van der Waals surface area (Å²) in [7, 11) is 2.53. The summed E-state index contributed by atoms with van der Waals surface area (Å²) in [5.41, 5.74) is 0. The van der Waals surface area contributed by atoms with Crippen molar-refractivity contribution in [1.82, 2.24) is 0 Å². The van der Waals surface area contributed by atoms with E-state index in [1.807, 2.05) is 0 Å². The SMILES string of the molecule is C=CC[C@]1(Cl)C(=O)C(Cl)=C(O)C1(OC)OC. The van der Waals surface area contributed by atoms with Crippen LogP contribution in [0.3, 0.4) is 0 Å². The summed E-state index contributed by atoms with van der Waals surface area (Å²) in [6.07, 6.45) is 1.48. The molecule has 0 heterocycles. The highest BCUT2D eigenvalue weighted by atomic mass is 35.5. The molecule has 0 aliphatic heterocycles. The van der Waals surface area contributed by atoms with E-state index >= 15 is 0 Å². The summed E-state index contributed by atoms with van der Waals surface area (Å²) in [6, 6.07) is 0. The number of hydrogen-bond acceptors (Lipinski definition) is 4. The lowest BCUT2D eigenvalue weighted by Gasteiger charge is -2.37. The van der Waals surface area contributed by atoms with Crippen LogP contribution in [0.2, 0.25) is 0 Å². The van der Waals surface area contributed by atoms with Gasteiger partial charge in [0.05, 0.1) is 0 Å². The smallest absolute Gasteiger partial charge is 0.256 e. The van der Waals surface area contributed by atoms with E-state index in [1.54, 1.807) is 0 Å². The molecule has 0 amide bonds. The van der Waals surface area contributed by atoms with Crippen LogP contribution in [0, 0.1) is 0 Å². The first kappa shape index (κ1) is 13.5. The molecule has 16 heavy (non-hydrogen) atoms. The number of carbonyl (C=O) groups excluding carboxylic acids is 1. The number of Topliss-reactive ketones (excluding diaryl/α,β-unsaturated/α-hetero) is 1. The van der Waals surface area contributed by atoms with E-state index in [9.17, 15) is 9.90 Å². The maximum absolute atomic E-state index is 11.9. The van der Waals surface area contributed by atoms with Crippen molar-refractivity contribution in [2.75, 3.05) is 14.2 Å². The van der Waals surface area contributed by atoms with Crippen LogP contribution in [-0.4, -0.2) is 35.8 Å². The Morgan fingerprint density at radius 1 is 1.50 bits per heavy atom. The number of hydrogen-bond donors (Lipinski definition) is 1. The van der Waals surface area contributed by atoms with Crippen LogP contribution in [0.25, 0.3) is 0 Å². The third-order valence-corrected chi connectivity index (χ3v) is 3.53. The van der Waals surface area contributed by atoms with E-state index in [1.165, 1.54) is 20.3 Å². The summed E-state index contributed by atoms with van der Waals surface area (Å²) < 4.78 is 10.1. The zero-order chi connectivity index (χ0) is 12.6. The average Bonchev–Trinajstić information content (AvgIpc) is 2.41. The van der Waals surface area contributed by atoms with Gasteiger partial charge in [0.2, 0.25) is 5.78 Å². The molecule has 6 heteroatoms. The largest absolute Gasteiger partial charge is 0.506 e. The summed E-state index contributed by atoms with van der Waals surface area (Å²) in [4.78, 5) is 10.2. The number of methoxy groups -OCH3 is 2. The molecule has 1 aliphatic carbocycles. The number of ether oxygens (including phenoxy) is 2. The van der Waals surface area contributed by atoms with Crippen molar-refractivity contribution in [2.24, 2.45) is 0 Å². The second kappa shape index (κ2) is 4.37. The first-order chi connectivity index (χ1) is 7.41. The number of allylic oxidation sites excluding steroid dienone is 2. The Bertz CT molecular complexity index is 360. The minimum atomic E-state index is -1.77. The number of aliphatic hydroxyl groups excluding tert-OH is 1. The molecule has 0 fully saturated rings. The van der Waals surface area contributed by atoms with Gasteiger partial charge in [-0.1, -0.05) is 17.7 Å². The van der Waals surface area contributed by atoms with Crippen LogP contribution >= 0.6 is 23.2 Å². The number of alkyl halides is 1. The van der Waals surface area contributed by atoms with Crippen LogP contribution in [-0.2, 0) is 14.3 Å². The molecule has 1 atom stereocenters. The lowest BCUT2D eigenvalue weighted by atomic mass is 9.94. The van der Waals surface area contributed by atoms with Gasteiger partial charge in [-0.3, -0.25) is 4.79 Å². The predicted molar refractivity (Wildman–Crippen MR) is 60.7 cm³/mol. The Morgan fingerprint density at radius 2 is 2.00 bits per heavy atom. The van der Waals surface area contributed by atoms with Gasteiger partial charge in [0.15, 0.2) is 10.6 Å². The van der Waals surface area contributed by atoms with Crippen LogP contribution in [0.15, 0.2) is 23.4 Å². The van der Waals surface area contributed by atoms with Crippen LogP contribution in [0.5, 0.6) is 0 Å². The summed E-state index contributed by atoms with van der Waals surface area (Å²) >= 11 is 11.9. The van der Waals surface area contributed by atoms with Gasteiger partial charge in [-0.05, 0) is 6.42 Å². The highest BCUT2D eigenvalue weighted by Crippen LogP contribution is 2.50. The molecule has 0 spiro atoms. The molecule has 4 nitrogen and oxygen atoms in total. The van der Waals surface area contributed by atoms with E-state index in [-0.39, 0.29) is 11.5 Å². The monoisotopic (exact) mass is 266 g/mol. The molecule has 0 aromatic rings. The molecule has 1 rings (SSSR count). The molecule has 0 bridgehead atoms. The van der Waals surface area contributed by atoms with Gasteiger partial charge in [-0.15, -0.1) is 18.2 Å². The second-order valence-corrected chi connectivity index (χ2v) is 4.33. The van der Waals surface area contributed by atoms with Crippen molar-refractivity contribution < 1.29 is 19.4 Å². The lowest BCUT2D eigenvalue weighted by molar-refractivity contribution is -0.211. The van der Waals surface area contributed by atoms with Crippen LogP contribution in [0.1, 0.15) is 6.42 Å². The van der Waals surface area contributed by atoms with E-state index in [0.29, 0.717) is 0 Å². The van der Waals surface area contributed by atoms with E-state index < -0.39 is 22.2 Å². The van der Waals surface area contributed by atoms with Crippen molar-refractivity contribution in [3.05, 3.63) is 23.4 Å². The van der Waals surface area contributed by atoms with Gasteiger partial charge in [0, 0.05) is 14.2 Å². The highest BCUT2D eigenvalue weighted by molar-refractivity contribution is 6.52. The van der Waals surface area contributed by atoms with Crippen LogP contribution in [0.4, 0.5) is 0 Å². The quantitative estimate of drug-likeness (QED) is 0.481. The summed E-state index contributed by atoms with van der Waals surface area (Å²) in [6.45, 7) is 3.50. The molecular formula is C10H12Cl2O4. The Morgan fingerprint density at radius 3 is 2.38 bits per heavy atom. The Hall–Kier alpha value is -0.550. The van der Waals surface area contributed by atoms with E-state index in [0.717, 1.165) is 0 Å². The minimum Gasteiger partial charge on any atom is -0.506 e. The molecule has 90 valence electrons. The Balaban J connectivity index is 3.40. The normalized spacial score (nSPS) is 28.6. The minimum absolute atomic E-state index is 0.0509. The Labute approximate surface area is 103 Å². The number of halogens is 2. The fraction of sp³-hybridized carbons (Fsp3) is 0.500. The molecule has 1 N–H and O–H groups in total. The summed E-state index contributed by atoms with van der Waals surface area (Å²) in [5.74, 6) is -2.92. The van der Waals surface area contributed by atoms with Crippen molar-refractivity contribution in [1.29, 1.82) is 0 Å². The number of ketones is 1. The van der Waals surface area contributed by atoms with Gasteiger partial charge in [0.25, 0.3) is 5.79 Å². The van der Waals surface area contributed by atoms with Crippen molar-refractivity contribution in [3.63, 3.8) is 0 Å². The molecule has 0 unspecified atom stereocenters. The number of aliphatic hydroxyl groups is 1. The van der Waals surface area contributed by atoms with Crippen molar-refractivity contribution in [2.45, 2.75) is 17.1 Å². The van der Waals surface area contributed by atoms with Crippen molar-refractivity contribution >= 4 is 29.0 Å². The van der Waals surface area contributed by atoms with E-state index in [2.05, 4.69) is 6.58 Å².